The summed E-state index contributed by atoms with van der Waals surface area (Å²) in [6.45, 7) is 0. The highest BCUT2D eigenvalue weighted by Crippen LogP contribution is 2.24. The maximum atomic E-state index is 5.03. The lowest BCUT2D eigenvalue weighted by molar-refractivity contribution is 0.902. The van der Waals surface area contributed by atoms with Crippen LogP contribution in [0.15, 0.2) is 11.4 Å². The summed E-state index contributed by atoms with van der Waals surface area (Å²) in [5, 5.41) is 8.99. The number of aromatic amines is 1. The molecule has 0 unspecified atom stereocenters. The summed E-state index contributed by atoms with van der Waals surface area (Å²) >= 11 is 9.02. The molecule has 0 amide bonds. The van der Waals surface area contributed by atoms with Crippen LogP contribution < -0.4 is 0 Å². The predicted octanol–water partition coefficient (Wildman–Crippen LogP) is 2.81. The van der Waals surface area contributed by atoms with Gasteiger partial charge in [-0.15, -0.1) is 11.3 Å². The summed E-state index contributed by atoms with van der Waals surface area (Å²) in [6.07, 6.45) is 0. The largest absolute Gasteiger partial charge is 0.303 e. The second kappa shape index (κ2) is 3.50. The maximum absolute atomic E-state index is 5.03. The standard InChI is InChI=1S/C7H6IN3S2/c1-11-6(9-10-7(11)12)4-2-5(8)13-3-4/h2-3H,1H3,(H,10,12). The second-order valence-electron chi connectivity index (χ2n) is 2.55. The van der Waals surface area contributed by atoms with E-state index in [1.165, 1.54) is 2.88 Å². The number of nitrogens with one attached hydrogen (secondary N) is 1. The third-order valence-electron chi connectivity index (χ3n) is 1.71. The lowest BCUT2D eigenvalue weighted by Crippen LogP contribution is -1.90. The summed E-state index contributed by atoms with van der Waals surface area (Å²) in [5.41, 5.74) is 1.12. The third kappa shape index (κ3) is 1.70. The van der Waals surface area contributed by atoms with Crippen molar-refractivity contribution in [1.82, 2.24) is 14.8 Å². The number of thiophene rings is 1. The van der Waals surface area contributed by atoms with Gasteiger partial charge in [-0.05, 0) is 40.9 Å². The Kier molecular flexibility index (Phi) is 2.52. The van der Waals surface area contributed by atoms with E-state index in [1.54, 1.807) is 11.3 Å². The lowest BCUT2D eigenvalue weighted by Gasteiger charge is -1.94. The number of nitrogens with zero attached hydrogens (tertiary/aromatic N) is 2. The van der Waals surface area contributed by atoms with Crippen LogP contribution in [0.5, 0.6) is 0 Å². The molecule has 2 aromatic rings. The van der Waals surface area contributed by atoms with Gasteiger partial charge in [0.15, 0.2) is 10.6 Å². The third-order valence-corrected chi connectivity index (χ3v) is 3.86. The first-order valence-electron chi connectivity index (χ1n) is 3.54. The van der Waals surface area contributed by atoms with E-state index >= 15 is 0 Å². The van der Waals surface area contributed by atoms with Gasteiger partial charge in [-0.25, -0.2) is 0 Å². The highest BCUT2D eigenvalue weighted by molar-refractivity contribution is 14.1. The van der Waals surface area contributed by atoms with E-state index in [4.69, 9.17) is 12.2 Å². The van der Waals surface area contributed by atoms with Crippen LogP contribution in [0.2, 0.25) is 0 Å². The summed E-state index contributed by atoms with van der Waals surface area (Å²) in [7, 11) is 1.91. The van der Waals surface area contributed by atoms with Crippen molar-refractivity contribution in [2.75, 3.05) is 0 Å². The first kappa shape index (κ1) is 9.35. The van der Waals surface area contributed by atoms with Gasteiger partial charge in [0.05, 0.1) is 2.88 Å². The lowest BCUT2D eigenvalue weighted by atomic mass is 10.3. The molecule has 0 aromatic carbocycles. The van der Waals surface area contributed by atoms with Crippen LogP contribution in [0.4, 0.5) is 0 Å². The van der Waals surface area contributed by atoms with E-state index < -0.39 is 0 Å². The van der Waals surface area contributed by atoms with Crippen molar-refractivity contribution in [2.24, 2.45) is 7.05 Å². The minimum Gasteiger partial charge on any atom is -0.303 e. The fourth-order valence-electron chi connectivity index (χ4n) is 1.03. The predicted molar refractivity (Wildman–Crippen MR) is 64.4 cm³/mol. The van der Waals surface area contributed by atoms with Gasteiger partial charge < -0.3 is 4.57 Å². The number of H-pyrrole nitrogens is 1. The smallest absolute Gasteiger partial charge is 0.195 e. The van der Waals surface area contributed by atoms with Crippen molar-refractivity contribution in [3.8, 4) is 11.4 Å². The highest BCUT2D eigenvalue weighted by atomic mass is 127. The van der Waals surface area contributed by atoms with Crippen LogP contribution in [0, 0.1) is 7.65 Å². The minimum atomic E-state index is 0.649. The average molecular weight is 323 g/mol. The highest BCUT2D eigenvalue weighted by Gasteiger charge is 2.06. The zero-order valence-electron chi connectivity index (χ0n) is 6.74. The molecule has 2 heterocycles. The Labute approximate surface area is 97.9 Å². The molecular weight excluding hydrogens is 317 g/mol. The number of halogens is 1. The molecule has 3 nitrogen and oxygen atoms in total. The zero-order chi connectivity index (χ0) is 9.42. The quantitative estimate of drug-likeness (QED) is 0.647. The van der Waals surface area contributed by atoms with E-state index in [0.29, 0.717) is 4.77 Å². The minimum absolute atomic E-state index is 0.649. The van der Waals surface area contributed by atoms with Crippen LogP contribution in [0.3, 0.4) is 0 Å². The number of rotatable bonds is 1. The topological polar surface area (TPSA) is 33.6 Å². The molecule has 1 N–H and O–H groups in total. The molecule has 2 rings (SSSR count). The molecule has 0 aliphatic rings. The summed E-state index contributed by atoms with van der Waals surface area (Å²) in [4.78, 5) is 0. The molecule has 0 spiro atoms. The first-order chi connectivity index (χ1) is 6.18. The average Bonchev–Trinajstić information content (AvgIpc) is 2.62. The van der Waals surface area contributed by atoms with Crippen molar-refractivity contribution in [1.29, 1.82) is 0 Å². The van der Waals surface area contributed by atoms with Crippen LogP contribution in [-0.2, 0) is 7.05 Å². The van der Waals surface area contributed by atoms with E-state index in [9.17, 15) is 0 Å². The Morgan fingerprint density at radius 2 is 2.46 bits per heavy atom. The Morgan fingerprint density at radius 3 is 2.92 bits per heavy atom. The van der Waals surface area contributed by atoms with Gasteiger partial charge in [-0.1, -0.05) is 0 Å². The van der Waals surface area contributed by atoms with Crippen molar-refractivity contribution < 1.29 is 0 Å². The van der Waals surface area contributed by atoms with Crippen LogP contribution in [0.1, 0.15) is 0 Å². The van der Waals surface area contributed by atoms with Crippen LogP contribution in [-0.4, -0.2) is 14.8 Å². The maximum Gasteiger partial charge on any atom is 0.195 e. The molecule has 0 bridgehead atoms. The van der Waals surface area contributed by atoms with E-state index in [2.05, 4.69) is 44.2 Å². The Morgan fingerprint density at radius 1 is 1.69 bits per heavy atom. The van der Waals surface area contributed by atoms with E-state index in [1.807, 2.05) is 11.6 Å². The van der Waals surface area contributed by atoms with Gasteiger partial charge in [-0.2, -0.15) is 5.10 Å². The van der Waals surface area contributed by atoms with E-state index in [0.717, 1.165) is 11.4 Å². The van der Waals surface area contributed by atoms with Gasteiger partial charge >= 0.3 is 0 Å². The number of hydrogen-bond donors (Lipinski definition) is 1. The van der Waals surface area contributed by atoms with Crippen molar-refractivity contribution in [3.05, 3.63) is 19.1 Å². The molecule has 0 atom stereocenters. The molecule has 0 aliphatic carbocycles. The van der Waals surface area contributed by atoms with Crippen molar-refractivity contribution in [3.63, 3.8) is 0 Å². The van der Waals surface area contributed by atoms with Gasteiger partial charge in [0, 0.05) is 18.0 Å². The Hall–Kier alpha value is -0.210. The van der Waals surface area contributed by atoms with Crippen molar-refractivity contribution in [2.45, 2.75) is 0 Å². The van der Waals surface area contributed by atoms with Gasteiger partial charge in [0.25, 0.3) is 0 Å². The second-order valence-corrected chi connectivity index (χ2v) is 5.74. The zero-order valence-corrected chi connectivity index (χ0v) is 10.5. The molecular formula is C7H6IN3S2. The molecule has 68 valence electrons. The van der Waals surface area contributed by atoms with Gasteiger partial charge in [0.2, 0.25) is 0 Å². The van der Waals surface area contributed by atoms with Crippen molar-refractivity contribution >= 4 is 46.1 Å². The molecule has 6 heteroatoms. The molecule has 0 fully saturated rings. The van der Waals surface area contributed by atoms with Crippen LogP contribution >= 0.6 is 46.1 Å². The summed E-state index contributed by atoms with van der Waals surface area (Å²) in [6, 6.07) is 2.09. The first-order valence-corrected chi connectivity index (χ1v) is 5.91. The Bertz CT molecular complexity index is 482. The SMILES string of the molecule is Cn1c(-c2csc(I)c2)n[nH]c1=S. The summed E-state index contributed by atoms with van der Waals surface area (Å²) < 4.78 is 3.77. The molecule has 0 aliphatic heterocycles. The summed E-state index contributed by atoms with van der Waals surface area (Å²) in [5.74, 6) is 0.893. The number of aromatic nitrogens is 3. The fraction of sp³-hybridized carbons (Fsp3) is 0.143. The van der Waals surface area contributed by atoms with Gasteiger partial charge in [-0.3, -0.25) is 5.10 Å². The fourth-order valence-corrected chi connectivity index (χ4v) is 2.49. The normalized spacial score (nSPS) is 10.6. The monoisotopic (exact) mass is 323 g/mol. The molecule has 0 saturated carbocycles. The number of hydrogen-bond acceptors (Lipinski definition) is 3. The molecule has 2 aromatic heterocycles. The molecule has 0 saturated heterocycles. The molecule has 0 radical (unpaired) electrons. The molecule has 13 heavy (non-hydrogen) atoms. The van der Waals surface area contributed by atoms with E-state index in [-0.39, 0.29) is 0 Å². The Balaban J connectivity index is 2.58. The van der Waals surface area contributed by atoms with Crippen LogP contribution in [0.25, 0.3) is 11.4 Å². The van der Waals surface area contributed by atoms with Gasteiger partial charge in [0.1, 0.15) is 0 Å².